The van der Waals surface area contributed by atoms with Crippen molar-refractivity contribution in [3.63, 3.8) is 0 Å². The fraction of sp³-hybridized carbons (Fsp3) is 0.938. The van der Waals surface area contributed by atoms with Gasteiger partial charge in [0.05, 0.1) is 6.10 Å². The lowest BCUT2D eigenvalue weighted by molar-refractivity contribution is -0.130. The normalized spacial score (nSPS) is 24.2. The van der Waals surface area contributed by atoms with Crippen molar-refractivity contribution in [1.29, 1.82) is 0 Å². The molecule has 2 unspecified atom stereocenters. The summed E-state index contributed by atoms with van der Waals surface area (Å²) in [5.74, 6) is 0.532. The molecule has 1 fully saturated rings. The second-order valence-corrected chi connectivity index (χ2v) is 6.68. The number of carbonyl (C=O) groups is 1. The van der Waals surface area contributed by atoms with Crippen molar-refractivity contribution in [3.8, 4) is 0 Å². The van der Waals surface area contributed by atoms with E-state index in [1.807, 2.05) is 0 Å². The molecule has 0 aromatic carbocycles. The average Bonchev–Trinajstić information content (AvgIpc) is 2.37. The van der Waals surface area contributed by atoms with Gasteiger partial charge in [0.1, 0.15) is 0 Å². The van der Waals surface area contributed by atoms with Crippen LogP contribution in [0, 0.1) is 17.3 Å². The third-order valence-corrected chi connectivity index (χ3v) is 4.90. The molecule has 2 atom stereocenters. The number of carbonyl (C=O) groups excluding carboxylic acids is 1. The molecule has 0 aromatic heterocycles. The first kappa shape index (κ1) is 16.5. The zero-order valence-electron chi connectivity index (χ0n) is 13.0. The summed E-state index contributed by atoms with van der Waals surface area (Å²) in [7, 11) is 0. The molecule has 0 heterocycles. The molecule has 1 saturated carbocycles. The summed E-state index contributed by atoms with van der Waals surface area (Å²) in [6.45, 7) is 8.95. The number of amides is 1. The number of hydrogen-bond donors (Lipinski definition) is 2. The predicted octanol–water partition coefficient (Wildman–Crippen LogP) is 3.12. The van der Waals surface area contributed by atoms with Crippen LogP contribution in [0.2, 0.25) is 0 Å². The molecule has 19 heavy (non-hydrogen) atoms. The zero-order chi connectivity index (χ0) is 14.5. The third-order valence-electron chi connectivity index (χ3n) is 4.90. The fourth-order valence-corrected chi connectivity index (χ4v) is 3.31. The monoisotopic (exact) mass is 269 g/mol. The van der Waals surface area contributed by atoms with E-state index in [0.29, 0.717) is 12.5 Å². The minimum atomic E-state index is -0.411. The Hall–Kier alpha value is -0.570. The van der Waals surface area contributed by atoms with Crippen LogP contribution in [0.4, 0.5) is 0 Å². The Kier molecular flexibility index (Phi) is 6.31. The summed E-state index contributed by atoms with van der Waals surface area (Å²) in [5.41, 5.74) is 0.0994. The molecule has 0 bridgehead atoms. The summed E-state index contributed by atoms with van der Waals surface area (Å²) < 4.78 is 0. The Bertz CT molecular complexity index is 284. The van der Waals surface area contributed by atoms with Crippen molar-refractivity contribution in [3.05, 3.63) is 0 Å². The highest BCUT2D eigenvalue weighted by molar-refractivity contribution is 5.79. The molecule has 0 aliphatic heterocycles. The molecule has 1 aliphatic rings. The van der Waals surface area contributed by atoms with Gasteiger partial charge in [-0.05, 0) is 24.2 Å². The van der Waals surface area contributed by atoms with Gasteiger partial charge in [-0.2, -0.15) is 0 Å². The van der Waals surface area contributed by atoms with Crippen LogP contribution in [0.1, 0.15) is 66.2 Å². The van der Waals surface area contributed by atoms with Gasteiger partial charge >= 0.3 is 0 Å². The van der Waals surface area contributed by atoms with Gasteiger partial charge in [0.25, 0.3) is 0 Å². The van der Waals surface area contributed by atoms with E-state index < -0.39 is 6.10 Å². The van der Waals surface area contributed by atoms with Gasteiger partial charge in [-0.3, -0.25) is 4.79 Å². The van der Waals surface area contributed by atoms with Crippen LogP contribution in [0.3, 0.4) is 0 Å². The summed E-state index contributed by atoms with van der Waals surface area (Å²) in [4.78, 5) is 12.3. The van der Waals surface area contributed by atoms with E-state index in [0.717, 1.165) is 32.1 Å². The van der Waals surface area contributed by atoms with Crippen molar-refractivity contribution in [2.75, 3.05) is 6.54 Å². The van der Waals surface area contributed by atoms with Crippen molar-refractivity contribution < 1.29 is 9.90 Å². The molecule has 3 heteroatoms. The molecule has 0 radical (unpaired) electrons. The van der Waals surface area contributed by atoms with Crippen molar-refractivity contribution in [2.45, 2.75) is 72.3 Å². The number of hydrogen-bond acceptors (Lipinski definition) is 2. The van der Waals surface area contributed by atoms with Crippen LogP contribution in [-0.2, 0) is 4.79 Å². The Morgan fingerprint density at radius 2 is 1.95 bits per heavy atom. The van der Waals surface area contributed by atoms with Crippen LogP contribution in [0.15, 0.2) is 0 Å². The SMILES string of the molecule is CCC(CC)C(O)CNC(=O)C1CCCCC1(C)C. The lowest BCUT2D eigenvalue weighted by atomic mass is 9.68. The zero-order valence-corrected chi connectivity index (χ0v) is 13.0. The van der Waals surface area contributed by atoms with Crippen molar-refractivity contribution >= 4 is 5.91 Å². The Labute approximate surface area is 118 Å². The van der Waals surface area contributed by atoms with Crippen LogP contribution >= 0.6 is 0 Å². The lowest BCUT2D eigenvalue weighted by Crippen LogP contribution is -2.44. The lowest BCUT2D eigenvalue weighted by Gasteiger charge is -2.37. The van der Waals surface area contributed by atoms with Gasteiger partial charge in [0.2, 0.25) is 5.91 Å². The summed E-state index contributed by atoms with van der Waals surface area (Å²) in [5, 5.41) is 13.0. The Morgan fingerprint density at radius 1 is 1.32 bits per heavy atom. The highest BCUT2D eigenvalue weighted by Gasteiger charge is 2.37. The van der Waals surface area contributed by atoms with E-state index >= 15 is 0 Å². The number of aliphatic hydroxyl groups excluding tert-OH is 1. The maximum Gasteiger partial charge on any atom is 0.223 e. The molecule has 1 aliphatic carbocycles. The molecule has 0 spiro atoms. The smallest absolute Gasteiger partial charge is 0.223 e. The molecule has 1 amide bonds. The fourth-order valence-electron chi connectivity index (χ4n) is 3.31. The highest BCUT2D eigenvalue weighted by atomic mass is 16.3. The Balaban J connectivity index is 2.46. The quantitative estimate of drug-likeness (QED) is 0.778. The van der Waals surface area contributed by atoms with E-state index in [4.69, 9.17) is 0 Å². The van der Waals surface area contributed by atoms with Gasteiger partial charge in [-0.15, -0.1) is 0 Å². The number of aliphatic hydroxyl groups is 1. The topological polar surface area (TPSA) is 49.3 Å². The molecular formula is C16H31NO2. The summed E-state index contributed by atoms with van der Waals surface area (Å²) >= 11 is 0. The first-order valence-electron chi connectivity index (χ1n) is 7.88. The molecular weight excluding hydrogens is 238 g/mol. The molecule has 0 aromatic rings. The standard InChI is InChI=1S/C16H31NO2/c1-5-12(6-2)14(18)11-17-15(19)13-9-7-8-10-16(13,3)4/h12-14,18H,5-11H2,1-4H3,(H,17,19). The van der Waals surface area contributed by atoms with Crippen LogP contribution in [0.5, 0.6) is 0 Å². The Morgan fingerprint density at radius 3 is 2.47 bits per heavy atom. The van der Waals surface area contributed by atoms with Gasteiger partial charge in [0, 0.05) is 12.5 Å². The van der Waals surface area contributed by atoms with Gasteiger partial charge in [-0.1, -0.05) is 53.4 Å². The number of rotatable bonds is 6. The van der Waals surface area contributed by atoms with Crippen molar-refractivity contribution in [1.82, 2.24) is 5.32 Å². The van der Waals surface area contributed by atoms with Gasteiger partial charge in [-0.25, -0.2) is 0 Å². The minimum absolute atomic E-state index is 0.0994. The minimum Gasteiger partial charge on any atom is -0.391 e. The molecule has 1 rings (SSSR count). The summed E-state index contributed by atoms with van der Waals surface area (Å²) in [6.07, 6.45) is 6.00. The summed E-state index contributed by atoms with van der Waals surface area (Å²) in [6, 6.07) is 0. The van der Waals surface area contributed by atoms with E-state index in [1.54, 1.807) is 0 Å². The van der Waals surface area contributed by atoms with E-state index in [9.17, 15) is 9.90 Å². The van der Waals surface area contributed by atoms with Crippen molar-refractivity contribution in [2.24, 2.45) is 17.3 Å². The van der Waals surface area contributed by atoms with Gasteiger partial charge < -0.3 is 10.4 Å². The number of nitrogens with one attached hydrogen (secondary N) is 1. The first-order valence-corrected chi connectivity index (χ1v) is 7.88. The van der Waals surface area contributed by atoms with Crippen LogP contribution in [0.25, 0.3) is 0 Å². The second kappa shape index (κ2) is 7.28. The van der Waals surface area contributed by atoms with Crippen LogP contribution in [-0.4, -0.2) is 23.7 Å². The highest BCUT2D eigenvalue weighted by Crippen LogP contribution is 2.40. The largest absolute Gasteiger partial charge is 0.391 e. The molecule has 2 N–H and O–H groups in total. The van der Waals surface area contributed by atoms with E-state index in [2.05, 4.69) is 33.0 Å². The van der Waals surface area contributed by atoms with E-state index in [-0.39, 0.29) is 17.2 Å². The molecule has 3 nitrogen and oxygen atoms in total. The molecule has 0 saturated heterocycles. The van der Waals surface area contributed by atoms with E-state index in [1.165, 1.54) is 6.42 Å². The third kappa shape index (κ3) is 4.48. The first-order chi connectivity index (χ1) is 8.92. The predicted molar refractivity (Wildman–Crippen MR) is 78.8 cm³/mol. The second-order valence-electron chi connectivity index (χ2n) is 6.68. The maximum absolute atomic E-state index is 12.3. The average molecular weight is 269 g/mol. The maximum atomic E-state index is 12.3. The molecule has 112 valence electrons. The van der Waals surface area contributed by atoms with Gasteiger partial charge in [0.15, 0.2) is 0 Å². The van der Waals surface area contributed by atoms with Crippen LogP contribution < -0.4 is 5.32 Å².